The first kappa shape index (κ1) is 16.9. The van der Waals surface area contributed by atoms with Crippen molar-refractivity contribution in [2.24, 2.45) is 0 Å². The molecule has 0 aromatic heterocycles. The Hall–Kier alpha value is -1.10. The molecule has 0 bridgehead atoms. The van der Waals surface area contributed by atoms with Gasteiger partial charge in [0, 0.05) is 24.5 Å². The fourth-order valence-electron chi connectivity index (χ4n) is 1.32. The van der Waals surface area contributed by atoms with Gasteiger partial charge in [-0.15, -0.1) is 0 Å². The molecule has 18 heavy (non-hydrogen) atoms. The highest BCUT2D eigenvalue weighted by Crippen LogP contribution is 1.97. The molecule has 0 aliphatic heterocycles. The van der Waals surface area contributed by atoms with Crippen LogP contribution in [0.15, 0.2) is 0 Å². The van der Waals surface area contributed by atoms with Crippen molar-refractivity contribution >= 4 is 11.8 Å². The Kier molecular flexibility index (Phi) is 7.59. The zero-order valence-electron chi connectivity index (χ0n) is 12.2. The van der Waals surface area contributed by atoms with Crippen molar-refractivity contribution in [1.29, 1.82) is 0 Å². The van der Waals surface area contributed by atoms with E-state index in [-0.39, 0.29) is 29.9 Å². The average molecular weight is 257 g/mol. The lowest BCUT2D eigenvalue weighted by Gasteiger charge is -2.20. The first-order valence-corrected chi connectivity index (χ1v) is 6.55. The van der Waals surface area contributed by atoms with Crippen molar-refractivity contribution in [2.45, 2.75) is 59.0 Å². The van der Waals surface area contributed by atoms with E-state index in [1.165, 1.54) is 0 Å². The Morgan fingerprint density at radius 1 is 1.17 bits per heavy atom. The first-order valence-electron chi connectivity index (χ1n) is 6.55. The SMILES string of the molecule is CCC(C)NC(=O)CCNCC(=O)NC(C)(C)C. The van der Waals surface area contributed by atoms with Crippen LogP contribution >= 0.6 is 0 Å². The minimum absolute atomic E-state index is 0.0214. The molecule has 3 N–H and O–H groups in total. The van der Waals surface area contributed by atoms with E-state index in [0.717, 1.165) is 6.42 Å². The zero-order valence-corrected chi connectivity index (χ0v) is 12.2. The Labute approximate surface area is 110 Å². The maximum Gasteiger partial charge on any atom is 0.234 e. The number of hydrogen-bond acceptors (Lipinski definition) is 3. The summed E-state index contributed by atoms with van der Waals surface area (Å²) in [7, 11) is 0. The fourth-order valence-corrected chi connectivity index (χ4v) is 1.32. The van der Waals surface area contributed by atoms with Crippen molar-refractivity contribution in [3.8, 4) is 0 Å². The van der Waals surface area contributed by atoms with Crippen LogP contribution in [0.4, 0.5) is 0 Å². The molecule has 0 rings (SSSR count). The second-order valence-electron chi connectivity index (χ2n) is 5.60. The molecule has 0 saturated carbocycles. The summed E-state index contributed by atoms with van der Waals surface area (Å²) in [4.78, 5) is 22.9. The Bertz CT molecular complexity index is 272. The summed E-state index contributed by atoms with van der Waals surface area (Å²) >= 11 is 0. The van der Waals surface area contributed by atoms with Crippen molar-refractivity contribution in [3.05, 3.63) is 0 Å². The highest BCUT2D eigenvalue weighted by molar-refractivity contribution is 5.79. The predicted molar refractivity (Wildman–Crippen MR) is 73.3 cm³/mol. The van der Waals surface area contributed by atoms with E-state index in [2.05, 4.69) is 16.0 Å². The van der Waals surface area contributed by atoms with Crippen LogP contribution in [0.5, 0.6) is 0 Å². The van der Waals surface area contributed by atoms with Gasteiger partial charge >= 0.3 is 0 Å². The molecular weight excluding hydrogens is 230 g/mol. The van der Waals surface area contributed by atoms with Crippen LogP contribution in [-0.4, -0.2) is 36.5 Å². The topological polar surface area (TPSA) is 70.2 Å². The van der Waals surface area contributed by atoms with E-state index >= 15 is 0 Å². The monoisotopic (exact) mass is 257 g/mol. The molecule has 0 spiro atoms. The van der Waals surface area contributed by atoms with Crippen LogP contribution in [0, 0.1) is 0 Å². The quantitative estimate of drug-likeness (QED) is 0.591. The summed E-state index contributed by atoms with van der Waals surface area (Å²) in [6, 6.07) is 0.210. The number of rotatable bonds is 7. The second kappa shape index (κ2) is 8.08. The van der Waals surface area contributed by atoms with Gasteiger partial charge in [-0.05, 0) is 34.1 Å². The van der Waals surface area contributed by atoms with Crippen LogP contribution in [0.25, 0.3) is 0 Å². The molecule has 0 saturated heterocycles. The van der Waals surface area contributed by atoms with E-state index in [1.807, 2.05) is 34.6 Å². The largest absolute Gasteiger partial charge is 0.354 e. The van der Waals surface area contributed by atoms with Gasteiger partial charge in [-0.3, -0.25) is 9.59 Å². The van der Waals surface area contributed by atoms with E-state index in [1.54, 1.807) is 0 Å². The summed E-state index contributed by atoms with van der Waals surface area (Å²) in [6.45, 7) is 10.6. The van der Waals surface area contributed by atoms with Crippen LogP contribution in [-0.2, 0) is 9.59 Å². The average Bonchev–Trinajstić information content (AvgIpc) is 2.21. The summed E-state index contributed by atoms with van der Waals surface area (Å²) < 4.78 is 0. The molecule has 0 heterocycles. The minimum atomic E-state index is -0.216. The number of hydrogen-bond donors (Lipinski definition) is 3. The highest BCUT2D eigenvalue weighted by atomic mass is 16.2. The number of amides is 2. The summed E-state index contributed by atoms with van der Waals surface area (Å²) in [6.07, 6.45) is 1.32. The smallest absolute Gasteiger partial charge is 0.234 e. The van der Waals surface area contributed by atoms with Gasteiger partial charge in [0.1, 0.15) is 0 Å². The van der Waals surface area contributed by atoms with Crippen LogP contribution in [0.2, 0.25) is 0 Å². The molecule has 5 nitrogen and oxygen atoms in total. The number of carbonyl (C=O) groups excluding carboxylic acids is 2. The Morgan fingerprint density at radius 2 is 1.78 bits per heavy atom. The molecule has 0 aliphatic rings. The predicted octanol–water partition coefficient (Wildman–Crippen LogP) is 0.796. The summed E-state index contributed by atoms with van der Waals surface area (Å²) in [5, 5.41) is 8.68. The number of carbonyl (C=O) groups is 2. The van der Waals surface area contributed by atoms with Crippen LogP contribution in [0.1, 0.15) is 47.5 Å². The van der Waals surface area contributed by atoms with Gasteiger partial charge in [0.25, 0.3) is 0 Å². The molecule has 1 unspecified atom stereocenters. The standard InChI is InChI=1S/C13H27N3O2/c1-6-10(2)15-11(17)7-8-14-9-12(18)16-13(3,4)5/h10,14H,6-9H2,1-5H3,(H,15,17)(H,16,18). The minimum Gasteiger partial charge on any atom is -0.354 e. The molecule has 2 amide bonds. The maximum absolute atomic E-state index is 11.5. The van der Waals surface area contributed by atoms with Gasteiger partial charge in [0.05, 0.1) is 6.54 Å². The van der Waals surface area contributed by atoms with Gasteiger partial charge < -0.3 is 16.0 Å². The molecule has 106 valence electrons. The normalized spacial score (nSPS) is 12.9. The van der Waals surface area contributed by atoms with E-state index in [9.17, 15) is 9.59 Å². The summed E-state index contributed by atoms with van der Waals surface area (Å²) in [5.41, 5.74) is -0.216. The fraction of sp³-hybridized carbons (Fsp3) is 0.846. The molecule has 0 aliphatic carbocycles. The van der Waals surface area contributed by atoms with Crippen molar-refractivity contribution in [2.75, 3.05) is 13.1 Å². The lowest BCUT2D eigenvalue weighted by molar-refractivity contribution is -0.123. The van der Waals surface area contributed by atoms with Gasteiger partial charge in [-0.25, -0.2) is 0 Å². The molecule has 0 aromatic carbocycles. The van der Waals surface area contributed by atoms with Crippen molar-refractivity contribution < 1.29 is 9.59 Å². The molecule has 1 atom stereocenters. The van der Waals surface area contributed by atoms with E-state index in [0.29, 0.717) is 13.0 Å². The van der Waals surface area contributed by atoms with E-state index < -0.39 is 0 Å². The van der Waals surface area contributed by atoms with E-state index in [4.69, 9.17) is 0 Å². The molecule has 0 fully saturated rings. The Morgan fingerprint density at radius 3 is 2.28 bits per heavy atom. The molecule has 0 aromatic rings. The van der Waals surface area contributed by atoms with Gasteiger partial charge in [0.15, 0.2) is 0 Å². The Balaban J connectivity index is 3.62. The van der Waals surface area contributed by atoms with Crippen molar-refractivity contribution in [1.82, 2.24) is 16.0 Å². The highest BCUT2D eigenvalue weighted by Gasteiger charge is 2.13. The van der Waals surface area contributed by atoms with Crippen LogP contribution in [0.3, 0.4) is 0 Å². The lowest BCUT2D eigenvalue weighted by Crippen LogP contribution is -2.45. The van der Waals surface area contributed by atoms with Gasteiger partial charge in [0.2, 0.25) is 11.8 Å². The molecule has 5 heteroatoms. The third kappa shape index (κ3) is 10.1. The lowest BCUT2D eigenvalue weighted by atomic mass is 10.1. The third-order valence-electron chi connectivity index (χ3n) is 2.35. The van der Waals surface area contributed by atoms with Gasteiger partial charge in [-0.2, -0.15) is 0 Å². The number of nitrogens with one attached hydrogen (secondary N) is 3. The maximum atomic E-state index is 11.5. The molecular formula is C13H27N3O2. The zero-order chi connectivity index (χ0) is 14.2. The summed E-state index contributed by atoms with van der Waals surface area (Å²) in [5.74, 6) is -0.0297. The van der Waals surface area contributed by atoms with Crippen LogP contribution < -0.4 is 16.0 Å². The van der Waals surface area contributed by atoms with Crippen molar-refractivity contribution in [3.63, 3.8) is 0 Å². The molecule has 0 radical (unpaired) electrons. The second-order valence-corrected chi connectivity index (χ2v) is 5.60. The third-order valence-corrected chi connectivity index (χ3v) is 2.35. The van der Waals surface area contributed by atoms with Gasteiger partial charge in [-0.1, -0.05) is 6.92 Å². The first-order chi connectivity index (χ1) is 8.24.